The highest BCUT2D eigenvalue weighted by Crippen LogP contribution is 2.41. The van der Waals surface area contributed by atoms with Crippen molar-refractivity contribution in [2.45, 2.75) is 33.2 Å². The molecule has 6 nitrogen and oxygen atoms in total. The Balaban J connectivity index is 2.04. The summed E-state index contributed by atoms with van der Waals surface area (Å²) >= 11 is 0. The molecule has 0 spiro atoms. The number of ether oxygens (including phenoxy) is 3. The molecule has 6 heteroatoms. The van der Waals surface area contributed by atoms with Crippen LogP contribution < -0.4 is 19.5 Å². The molecule has 0 saturated carbocycles. The molecule has 1 aromatic carbocycles. The van der Waals surface area contributed by atoms with E-state index < -0.39 is 11.4 Å². The van der Waals surface area contributed by atoms with E-state index in [1.165, 1.54) is 0 Å². The summed E-state index contributed by atoms with van der Waals surface area (Å²) in [4.78, 5) is 11.5. The van der Waals surface area contributed by atoms with Crippen molar-refractivity contribution in [3.8, 4) is 17.2 Å². The first-order chi connectivity index (χ1) is 10.6. The highest BCUT2D eigenvalue weighted by Gasteiger charge is 2.34. The van der Waals surface area contributed by atoms with E-state index in [0.717, 1.165) is 5.56 Å². The van der Waals surface area contributed by atoms with Crippen molar-refractivity contribution in [3.63, 3.8) is 0 Å². The molecule has 0 aromatic heterocycles. The van der Waals surface area contributed by atoms with Crippen LogP contribution in [0.15, 0.2) is 12.1 Å². The van der Waals surface area contributed by atoms with Crippen LogP contribution in [0, 0.1) is 5.41 Å². The predicted molar refractivity (Wildman–Crippen MR) is 81.5 cm³/mol. The SMILES string of the molecule is CCC(CC)(CNCc1cc(OC)c2c(c1)OCO2)C(=O)O. The quantitative estimate of drug-likeness (QED) is 0.768. The average molecular weight is 309 g/mol. The summed E-state index contributed by atoms with van der Waals surface area (Å²) in [5.41, 5.74) is 0.244. The van der Waals surface area contributed by atoms with Crippen molar-refractivity contribution in [2.75, 3.05) is 20.4 Å². The van der Waals surface area contributed by atoms with Crippen LogP contribution in [-0.2, 0) is 11.3 Å². The molecule has 2 N–H and O–H groups in total. The normalized spacial score (nSPS) is 13.2. The third kappa shape index (κ3) is 3.11. The van der Waals surface area contributed by atoms with E-state index in [4.69, 9.17) is 14.2 Å². The van der Waals surface area contributed by atoms with Gasteiger partial charge in [0.1, 0.15) is 0 Å². The summed E-state index contributed by atoms with van der Waals surface area (Å²) in [5, 5.41) is 12.7. The lowest BCUT2D eigenvalue weighted by molar-refractivity contribution is -0.149. The second kappa shape index (κ2) is 6.87. The van der Waals surface area contributed by atoms with Gasteiger partial charge in [-0.3, -0.25) is 4.79 Å². The Morgan fingerprint density at radius 2 is 2.09 bits per heavy atom. The first-order valence-corrected chi connectivity index (χ1v) is 7.47. The van der Waals surface area contributed by atoms with E-state index in [0.29, 0.717) is 43.2 Å². The van der Waals surface area contributed by atoms with Crippen LogP contribution in [0.3, 0.4) is 0 Å². The number of hydrogen-bond donors (Lipinski definition) is 2. The first kappa shape index (κ1) is 16.4. The number of aliphatic carboxylic acids is 1. The monoisotopic (exact) mass is 309 g/mol. The Morgan fingerprint density at radius 1 is 1.36 bits per heavy atom. The van der Waals surface area contributed by atoms with Gasteiger partial charge in [0.15, 0.2) is 11.5 Å². The number of carboxylic acids is 1. The van der Waals surface area contributed by atoms with Gasteiger partial charge >= 0.3 is 5.97 Å². The Hall–Kier alpha value is -1.95. The maximum absolute atomic E-state index is 11.5. The molecule has 22 heavy (non-hydrogen) atoms. The van der Waals surface area contributed by atoms with Gasteiger partial charge in [0, 0.05) is 13.1 Å². The zero-order valence-corrected chi connectivity index (χ0v) is 13.3. The summed E-state index contributed by atoms with van der Waals surface area (Å²) in [6, 6.07) is 3.76. The summed E-state index contributed by atoms with van der Waals surface area (Å²) in [6.07, 6.45) is 1.19. The largest absolute Gasteiger partial charge is 0.493 e. The van der Waals surface area contributed by atoms with Crippen molar-refractivity contribution < 1.29 is 24.1 Å². The maximum atomic E-state index is 11.5. The lowest BCUT2D eigenvalue weighted by atomic mass is 9.82. The number of carboxylic acid groups (broad SMARTS) is 1. The van der Waals surface area contributed by atoms with Crippen molar-refractivity contribution in [1.29, 1.82) is 0 Å². The Labute approximate surface area is 130 Å². The smallest absolute Gasteiger partial charge is 0.310 e. The van der Waals surface area contributed by atoms with E-state index >= 15 is 0 Å². The Morgan fingerprint density at radius 3 is 2.68 bits per heavy atom. The number of fused-ring (bicyclic) bond motifs is 1. The second-order valence-corrected chi connectivity index (χ2v) is 5.43. The molecule has 0 saturated heterocycles. The first-order valence-electron chi connectivity index (χ1n) is 7.47. The van der Waals surface area contributed by atoms with Crippen LogP contribution in [0.4, 0.5) is 0 Å². The molecule has 0 atom stereocenters. The molecule has 0 aliphatic carbocycles. The van der Waals surface area contributed by atoms with Crippen LogP contribution >= 0.6 is 0 Å². The number of hydrogen-bond acceptors (Lipinski definition) is 5. The van der Waals surface area contributed by atoms with Gasteiger partial charge in [-0.25, -0.2) is 0 Å². The van der Waals surface area contributed by atoms with Crippen LogP contribution in [0.1, 0.15) is 32.3 Å². The molecule has 122 valence electrons. The molecular weight excluding hydrogens is 286 g/mol. The zero-order valence-electron chi connectivity index (χ0n) is 13.3. The van der Waals surface area contributed by atoms with E-state index in [9.17, 15) is 9.90 Å². The van der Waals surface area contributed by atoms with E-state index in [1.54, 1.807) is 7.11 Å². The van der Waals surface area contributed by atoms with Gasteiger partial charge in [-0.1, -0.05) is 13.8 Å². The molecule has 2 rings (SSSR count). The number of rotatable bonds is 8. The van der Waals surface area contributed by atoms with Crippen LogP contribution in [0.2, 0.25) is 0 Å². The fraction of sp³-hybridized carbons (Fsp3) is 0.562. The molecule has 0 unspecified atom stereocenters. The minimum Gasteiger partial charge on any atom is -0.493 e. The summed E-state index contributed by atoms with van der Waals surface area (Å²) in [6.45, 7) is 4.97. The number of nitrogens with one attached hydrogen (secondary N) is 1. The van der Waals surface area contributed by atoms with Gasteiger partial charge in [0.2, 0.25) is 12.5 Å². The standard InChI is InChI=1S/C16H23NO5/c1-4-16(5-2,15(18)19)9-17-8-11-6-12(20-3)14-13(7-11)21-10-22-14/h6-7,17H,4-5,8-10H2,1-3H3,(H,18,19). The number of methoxy groups -OCH3 is 1. The lowest BCUT2D eigenvalue weighted by Crippen LogP contribution is -2.40. The van der Waals surface area contributed by atoms with Crippen molar-refractivity contribution in [1.82, 2.24) is 5.32 Å². The van der Waals surface area contributed by atoms with Crippen molar-refractivity contribution in [3.05, 3.63) is 17.7 Å². The molecule has 0 fully saturated rings. The van der Waals surface area contributed by atoms with Crippen LogP contribution in [0.25, 0.3) is 0 Å². The van der Waals surface area contributed by atoms with E-state index in [1.807, 2.05) is 26.0 Å². The van der Waals surface area contributed by atoms with Gasteiger partial charge in [-0.15, -0.1) is 0 Å². The maximum Gasteiger partial charge on any atom is 0.310 e. The molecule has 1 aliphatic heterocycles. The van der Waals surface area contributed by atoms with Crippen molar-refractivity contribution >= 4 is 5.97 Å². The second-order valence-electron chi connectivity index (χ2n) is 5.43. The van der Waals surface area contributed by atoms with Crippen LogP contribution in [-0.4, -0.2) is 31.5 Å². The summed E-state index contributed by atoms with van der Waals surface area (Å²) in [5.74, 6) is 1.15. The molecule has 0 radical (unpaired) electrons. The van der Waals surface area contributed by atoms with Crippen LogP contribution in [0.5, 0.6) is 17.2 Å². The van der Waals surface area contributed by atoms with Gasteiger partial charge in [0.25, 0.3) is 0 Å². The minimum atomic E-state index is -0.756. The Kier molecular flexibility index (Phi) is 5.13. The van der Waals surface area contributed by atoms with E-state index in [-0.39, 0.29) is 6.79 Å². The number of carbonyl (C=O) groups is 1. The lowest BCUT2D eigenvalue weighted by Gasteiger charge is -2.27. The van der Waals surface area contributed by atoms with Gasteiger partial charge in [-0.2, -0.15) is 0 Å². The fourth-order valence-corrected chi connectivity index (χ4v) is 2.61. The molecule has 0 bridgehead atoms. The van der Waals surface area contributed by atoms with Gasteiger partial charge < -0.3 is 24.6 Å². The molecule has 1 heterocycles. The molecule has 1 aliphatic rings. The number of benzene rings is 1. The topological polar surface area (TPSA) is 77.0 Å². The third-order valence-corrected chi connectivity index (χ3v) is 4.32. The molecule has 1 aromatic rings. The average Bonchev–Trinajstić information content (AvgIpc) is 2.99. The predicted octanol–water partition coefficient (Wildman–Crippen LogP) is 2.40. The molecular formula is C16H23NO5. The highest BCUT2D eigenvalue weighted by atomic mass is 16.7. The zero-order chi connectivity index (χ0) is 16.2. The Bertz CT molecular complexity index is 540. The third-order valence-electron chi connectivity index (χ3n) is 4.32. The van der Waals surface area contributed by atoms with Gasteiger partial charge in [-0.05, 0) is 30.5 Å². The molecule has 0 amide bonds. The van der Waals surface area contributed by atoms with E-state index in [2.05, 4.69) is 5.32 Å². The highest BCUT2D eigenvalue weighted by molar-refractivity contribution is 5.74. The fourth-order valence-electron chi connectivity index (χ4n) is 2.61. The van der Waals surface area contributed by atoms with Crippen molar-refractivity contribution in [2.24, 2.45) is 5.41 Å². The van der Waals surface area contributed by atoms with Gasteiger partial charge in [0.05, 0.1) is 12.5 Å². The summed E-state index contributed by atoms with van der Waals surface area (Å²) in [7, 11) is 1.58. The minimum absolute atomic E-state index is 0.191. The summed E-state index contributed by atoms with van der Waals surface area (Å²) < 4.78 is 16.0.